The lowest BCUT2D eigenvalue weighted by Crippen LogP contribution is -2.21. The summed E-state index contributed by atoms with van der Waals surface area (Å²) in [5.41, 5.74) is 5.28. The van der Waals surface area contributed by atoms with Crippen LogP contribution >= 0.6 is 0 Å². The van der Waals surface area contributed by atoms with Crippen LogP contribution in [-0.2, 0) is 0 Å². The van der Waals surface area contributed by atoms with Crippen LogP contribution in [0.2, 0.25) is 0 Å². The van der Waals surface area contributed by atoms with Crippen molar-refractivity contribution >= 4 is 0 Å². The Balaban J connectivity index is 1.89. The van der Waals surface area contributed by atoms with E-state index in [1.807, 2.05) is 0 Å². The molecule has 0 N–H and O–H groups in total. The van der Waals surface area contributed by atoms with E-state index in [0.29, 0.717) is 0 Å². The molecule has 4 rings (SSSR count). The van der Waals surface area contributed by atoms with Crippen LogP contribution < -0.4 is 0 Å². The topological polar surface area (TPSA) is 0 Å². The van der Waals surface area contributed by atoms with Crippen molar-refractivity contribution in [2.75, 3.05) is 0 Å². The van der Waals surface area contributed by atoms with Gasteiger partial charge in [0.05, 0.1) is 0 Å². The van der Waals surface area contributed by atoms with Crippen LogP contribution in [0.3, 0.4) is 0 Å². The first-order valence-corrected chi connectivity index (χ1v) is 10.2. The van der Waals surface area contributed by atoms with Crippen LogP contribution in [-0.4, -0.2) is 0 Å². The van der Waals surface area contributed by atoms with Crippen LogP contribution in [0.5, 0.6) is 0 Å². The summed E-state index contributed by atoms with van der Waals surface area (Å²) in [5, 5.41) is 0. The molecule has 4 aromatic rings. The molecule has 0 saturated carbocycles. The summed E-state index contributed by atoms with van der Waals surface area (Å²) in [7, 11) is 0. The molecule has 0 nitrogen and oxygen atoms in total. The van der Waals surface area contributed by atoms with Crippen LogP contribution in [0.4, 0.5) is 0 Å². The van der Waals surface area contributed by atoms with Gasteiger partial charge in [-0.15, -0.1) is 6.58 Å². The van der Waals surface area contributed by atoms with E-state index in [1.165, 1.54) is 22.3 Å². The van der Waals surface area contributed by atoms with Gasteiger partial charge >= 0.3 is 0 Å². The zero-order chi connectivity index (χ0) is 19.9. The normalized spacial score (nSPS) is 11.1. The van der Waals surface area contributed by atoms with Gasteiger partial charge in [0.25, 0.3) is 0 Å². The largest absolute Gasteiger partial charge is 0.103 e. The fourth-order valence-electron chi connectivity index (χ4n) is 4.38. The molecule has 142 valence electrons. The Morgan fingerprint density at radius 1 is 0.414 bits per heavy atom. The number of rotatable bonds is 7. The second-order valence-corrected chi connectivity index (χ2v) is 7.41. The van der Waals surface area contributed by atoms with Crippen LogP contribution in [0.1, 0.15) is 34.1 Å². The Morgan fingerprint density at radius 2 is 0.655 bits per heavy atom. The lowest BCUT2D eigenvalue weighted by molar-refractivity contribution is 0.508. The molecule has 0 aliphatic carbocycles. The van der Waals surface area contributed by atoms with Crippen molar-refractivity contribution in [3.63, 3.8) is 0 Å². The molecule has 29 heavy (non-hydrogen) atoms. The summed E-state index contributed by atoms with van der Waals surface area (Å²) >= 11 is 0. The minimum Gasteiger partial charge on any atom is -0.103 e. The van der Waals surface area contributed by atoms with Gasteiger partial charge in [-0.2, -0.15) is 0 Å². The highest BCUT2D eigenvalue weighted by molar-refractivity contribution is 5.41. The fourth-order valence-corrected chi connectivity index (χ4v) is 4.38. The molecule has 0 unspecified atom stereocenters. The highest BCUT2D eigenvalue weighted by Crippen LogP contribution is 2.44. The van der Waals surface area contributed by atoms with Crippen molar-refractivity contribution in [2.45, 2.75) is 11.8 Å². The zero-order valence-corrected chi connectivity index (χ0v) is 16.6. The highest BCUT2D eigenvalue weighted by Gasteiger charge is 2.31. The van der Waals surface area contributed by atoms with Crippen molar-refractivity contribution < 1.29 is 0 Å². The third-order valence-electron chi connectivity index (χ3n) is 5.68. The van der Waals surface area contributed by atoms with Gasteiger partial charge in [0.2, 0.25) is 0 Å². The summed E-state index contributed by atoms with van der Waals surface area (Å²) in [6.45, 7) is 4.30. The van der Waals surface area contributed by atoms with E-state index in [1.54, 1.807) is 0 Å². The van der Waals surface area contributed by atoms with Gasteiger partial charge in [0.15, 0.2) is 0 Å². The van der Waals surface area contributed by atoms with Crippen molar-refractivity contribution in [1.82, 2.24) is 0 Å². The van der Waals surface area contributed by atoms with Crippen molar-refractivity contribution in [3.05, 3.63) is 156 Å². The molecule has 0 fully saturated rings. The van der Waals surface area contributed by atoms with Gasteiger partial charge in [0.1, 0.15) is 0 Å². The molecule has 0 bridgehead atoms. The molecule has 0 heterocycles. The second kappa shape index (κ2) is 9.21. The van der Waals surface area contributed by atoms with Gasteiger partial charge in [-0.1, -0.05) is 127 Å². The Hall–Kier alpha value is -3.38. The van der Waals surface area contributed by atoms with E-state index in [0.717, 1.165) is 0 Å². The maximum atomic E-state index is 4.30. The minimum atomic E-state index is 0.213. The Kier molecular flexibility index (Phi) is 6.02. The number of allylic oxidation sites excluding steroid dienone is 1. The number of hydrogen-bond acceptors (Lipinski definition) is 0. The molecule has 0 aliphatic rings. The van der Waals surface area contributed by atoms with Gasteiger partial charge in [-0.25, -0.2) is 0 Å². The predicted octanol–water partition coefficient (Wildman–Crippen LogP) is 7.45. The Morgan fingerprint density at radius 3 is 0.862 bits per heavy atom. The molecule has 0 radical (unpaired) electrons. The van der Waals surface area contributed by atoms with E-state index in [4.69, 9.17) is 0 Å². The van der Waals surface area contributed by atoms with E-state index < -0.39 is 0 Å². The summed E-state index contributed by atoms with van der Waals surface area (Å²) < 4.78 is 0. The Bertz CT molecular complexity index is 843. The average molecular weight is 375 g/mol. The average Bonchev–Trinajstić information content (AvgIpc) is 2.81. The molecule has 0 amide bonds. The van der Waals surface area contributed by atoms with Gasteiger partial charge in [0, 0.05) is 11.8 Å². The van der Waals surface area contributed by atoms with Crippen LogP contribution in [0, 0.1) is 5.92 Å². The smallest absolute Gasteiger partial charge is 0.0161 e. The molecule has 4 aromatic carbocycles. The number of benzene rings is 4. The summed E-state index contributed by atoms with van der Waals surface area (Å²) in [6, 6.07) is 43.3. The molecule has 0 aliphatic heterocycles. The second-order valence-electron chi connectivity index (χ2n) is 7.41. The van der Waals surface area contributed by atoms with Gasteiger partial charge in [-0.05, 0) is 28.2 Å². The molecular weight excluding hydrogens is 348 g/mol. The Labute approximate surface area is 174 Å². The summed E-state index contributed by atoms with van der Waals surface area (Å²) in [4.78, 5) is 0. The van der Waals surface area contributed by atoms with E-state index in [9.17, 15) is 0 Å². The molecule has 0 spiro atoms. The zero-order valence-electron chi connectivity index (χ0n) is 16.6. The SMILES string of the molecule is C=CC(C(c1ccccc1)c1ccccc1)C(c1ccccc1)c1ccccc1. The third kappa shape index (κ3) is 4.22. The van der Waals surface area contributed by atoms with Crippen molar-refractivity contribution in [1.29, 1.82) is 0 Å². The minimum absolute atomic E-state index is 0.213. The van der Waals surface area contributed by atoms with E-state index >= 15 is 0 Å². The molecule has 0 aromatic heterocycles. The maximum absolute atomic E-state index is 4.30. The quantitative estimate of drug-likeness (QED) is 0.295. The van der Waals surface area contributed by atoms with E-state index in [2.05, 4.69) is 134 Å². The molecule has 0 heteroatoms. The van der Waals surface area contributed by atoms with E-state index in [-0.39, 0.29) is 17.8 Å². The first-order valence-electron chi connectivity index (χ1n) is 10.2. The monoisotopic (exact) mass is 374 g/mol. The third-order valence-corrected chi connectivity index (χ3v) is 5.68. The van der Waals surface area contributed by atoms with Crippen molar-refractivity contribution in [3.8, 4) is 0 Å². The first-order chi connectivity index (χ1) is 14.4. The van der Waals surface area contributed by atoms with Gasteiger partial charge in [-0.3, -0.25) is 0 Å². The lowest BCUT2D eigenvalue weighted by Gasteiger charge is -2.33. The fraction of sp³-hybridized carbons (Fsp3) is 0.103. The standard InChI is InChI=1S/C29H26/c1-2-27(28(23-15-7-3-8-16-23)24-17-9-4-10-18-24)29(25-19-11-5-12-20-25)26-21-13-6-14-22-26/h2-22,27-29H,1H2. The summed E-state index contributed by atoms with van der Waals surface area (Å²) in [5.74, 6) is 0.658. The molecule has 0 saturated heterocycles. The van der Waals surface area contributed by atoms with Crippen LogP contribution in [0.15, 0.2) is 134 Å². The maximum Gasteiger partial charge on any atom is 0.0161 e. The first kappa shape index (κ1) is 19.0. The lowest BCUT2D eigenvalue weighted by atomic mass is 9.70. The highest BCUT2D eigenvalue weighted by atomic mass is 14.3. The molecule has 0 atom stereocenters. The number of hydrogen-bond donors (Lipinski definition) is 0. The predicted molar refractivity (Wildman–Crippen MR) is 123 cm³/mol. The van der Waals surface area contributed by atoms with Gasteiger partial charge < -0.3 is 0 Å². The van der Waals surface area contributed by atoms with Crippen molar-refractivity contribution in [2.24, 2.45) is 5.92 Å². The van der Waals surface area contributed by atoms with Crippen LogP contribution in [0.25, 0.3) is 0 Å². The summed E-state index contributed by atoms with van der Waals surface area (Å²) in [6.07, 6.45) is 2.15. The molecular formula is C29H26.